The summed E-state index contributed by atoms with van der Waals surface area (Å²) in [6, 6.07) is 16.9. The van der Waals surface area contributed by atoms with Gasteiger partial charge >= 0.3 is 0 Å². The van der Waals surface area contributed by atoms with Crippen LogP contribution >= 0.6 is 0 Å². The van der Waals surface area contributed by atoms with Crippen molar-refractivity contribution in [3.63, 3.8) is 0 Å². The molecule has 3 N–H and O–H groups in total. The van der Waals surface area contributed by atoms with E-state index < -0.39 is 0 Å². The van der Waals surface area contributed by atoms with Crippen molar-refractivity contribution in [2.75, 3.05) is 30.3 Å². The molecule has 0 aliphatic heterocycles. The van der Waals surface area contributed by atoms with Crippen molar-refractivity contribution >= 4 is 29.1 Å². The van der Waals surface area contributed by atoms with Crippen molar-refractivity contribution < 1.29 is 14.4 Å². The normalized spacial score (nSPS) is 11.6. The first-order valence-electron chi connectivity index (χ1n) is 10.5. The quantitative estimate of drug-likeness (QED) is 0.545. The number of anilines is 2. The molecule has 0 saturated heterocycles. The molecule has 2 aromatic carbocycles. The lowest BCUT2D eigenvalue weighted by Gasteiger charge is -2.25. The van der Waals surface area contributed by atoms with Gasteiger partial charge in [0.25, 0.3) is 0 Å². The Hall–Kier alpha value is -3.19. The minimum atomic E-state index is -0.272. The number of hydrogen-bond donors (Lipinski definition) is 3. The second kappa shape index (κ2) is 11.9. The fourth-order valence-electron chi connectivity index (χ4n) is 3.30. The second-order valence-corrected chi connectivity index (χ2v) is 7.73. The van der Waals surface area contributed by atoms with Gasteiger partial charge in [-0.05, 0) is 42.7 Å². The maximum absolute atomic E-state index is 12.7. The van der Waals surface area contributed by atoms with Crippen LogP contribution in [0.2, 0.25) is 0 Å². The van der Waals surface area contributed by atoms with E-state index in [2.05, 4.69) is 29.8 Å². The van der Waals surface area contributed by atoms with Crippen molar-refractivity contribution in [2.45, 2.75) is 33.7 Å². The molecule has 1 atom stereocenters. The maximum atomic E-state index is 12.7. The zero-order valence-corrected chi connectivity index (χ0v) is 18.6. The van der Waals surface area contributed by atoms with E-state index in [9.17, 15) is 14.4 Å². The summed E-state index contributed by atoms with van der Waals surface area (Å²) < 4.78 is 0. The van der Waals surface area contributed by atoms with Gasteiger partial charge in [0.1, 0.15) is 0 Å². The molecule has 0 saturated carbocycles. The summed E-state index contributed by atoms with van der Waals surface area (Å²) in [6.45, 7) is 8.07. The molecule has 2 aromatic rings. The van der Waals surface area contributed by atoms with Gasteiger partial charge in [-0.15, -0.1) is 0 Å². The van der Waals surface area contributed by atoms with E-state index >= 15 is 0 Å². The predicted octanol–water partition coefficient (Wildman–Crippen LogP) is 3.42. The second-order valence-electron chi connectivity index (χ2n) is 7.73. The molecule has 0 fully saturated rings. The van der Waals surface area contributed by atoms with Crippen LogP contribution in [0.15, 0.2) is 54.6 Å². The molecule has 166 valence electrons. The lowest BCUT2D eigenvalue weighted by molar-refractivity contribution is -0.133. The van der Waals surface area contributed by atoms with Crippen molar-refractivity contribution in [2.24, 2.45) is 5.92 Å². The Labute approximate surface area is 184 Å². The van der Waals surface area contributed by atoms with Gasteiger partial charge < -0.3 is 20.9 Å². The third-order valence-electron chi connectivity index (χ3n) is 4.86. The van der Waals surface area contributed by atoms with Gasteiger partial charge in [-0.25, -0.2) is 0 Å². The number of likely N-dealkylation sites (N-methyl/N-ethyl adjacent to an activating group) is 1. The number of rotatable bonds is 10. The average molecular weight is 425 g/mol. The number of carbonyl (C=O) groups is 3. The van der Waals surface area contributed by atoms with Gasteiger partial charge in [-0.1, -0.05) is 44.2 Å². The van der Waals surface area contributed by atoms with Gasteiger partial charge in [0, 0.05) is 30.9 Å². The van der Waals surface area contributed by atoms with Crippen molar-refractivity contribution in [3.05, 3.63) is 60.2 Å². The summed E-state index contributed by atoms with van der Waals surface area (Å²) in [6.07, 6.45) is 0. The Balaban J connectivity index is 1.90. The molecular formula is C24H32N4O3. The largest absolute Gasteiger partial charge is 0.333 e. The van der Waals surface area contributed by atoms with E-state index in [4.69, 9.17) is 0 Å². The van der Waals surface area contributed by atoms with Crippen LogP contribution in [-0.4, -0.2) is 42.3 Å². The van der Waals surface area contributed by atoms with E-state index in [1.54, 1.807) is 24.3 Å². The topological polar surface area (TPSA) is 90.5 Å². The molecule has 0 unspecified atom stereocenters. The third-order valence-corrected chi connectivity index (χ3v) is 4.86. The standard InChI is InChI=1S/C24H32N4O3/c1-5-28(16-22(30)27-21-13-11-20(12-14-21)26-18(4)29)23(31)15-25-24(17(2)3)19-9-7-6-8-10-19/h6-14,17,24-25H,5,15-16H2,1-4H3,(H,26,29)(H,27,30)/t24-/m1/s1. The first kappa shape index (κ1) is 24.1. The van der Waals surface area contributed by atoms with Crippen molar-refractivity contribution in [1.29, 1.82) is 0 Å². The minimum absolute atomic E-state index is 0.0257. The molecular weight excluding hydrogens is 392 g/mol. The van der Waals surface area contributed by atoms with Crippen molar-refractivity contribution in [3.8, 4) is 0 Å². The van der Waals surface area contributed by atoms with Crippen LogP contribution in [0.1, 0.15) is 39.3 Å². The lowest BCUT2D eigenvalue weighted by Crippen LogP contribution is -2.43. The number of nitrogens with one attached hydrogen (secondary N) is 3. The molecule has 0 spiro atoms. The zero-order chi connectivity index (χ0) is 22.8. The summed E-state index contributed by atoms with van der Waals surface area (Å²) in [5.41, 5.74) is 2.39. The van der Waals surface area contributed by atoms with E-state index in [1.807, 2.05) is 37.3 Å². The molecule has 0 radical (unpaired) electrons. The Bertz CT molecular complexity index is 866. The summed E-state index contributed by atoms with van der Waals surface area (Å²) in [5.74, 6) is -0.241. The summed E-state index contributed by atoms with van der Waals surface area (Å²) >= 11 is 0. The molecule has 7 nitrogen and oxygen atoms in total. The fourth-order valence-corrected chi connectivity index (χ4v) is 3.30. The summed E-state index contributed by atoms with van der Waals surface area (Å²) in [5, 5.41) is 8.80. The Morgan fingerprint density at radius 1 is 0.903 bits per heavy atom. The average Bonchev–Trinajstić information content (AvgIpc) is 2.73. The third kappa shape index (κ3) is 7.86. The predicted molar refractivity (Wildman–Crippen MR) is 124 cm³/mol. The SMILES string of the molecule is CCN(CC(=O)Nc1ccc(NC(C)=O)cc1)C(=O)CN[C@@H](c1ccccc1)C(C)C. The molecule has 0 aliphatic carbocycles. The van der Waals surface area contributed by atoms with Crippen LogP contribution in [0, 0.1) is 5.92 Å². The maximum Gasteiger partial charge on any atom is 0.243 e. The van der Waals surface area contributed by atoms with Crippen LogP contribution in [0.5, 0.6) is 0 Å². The molecule has 2 rings (SSSR count). The van der Waals surface area contributed by atoms with Crippen LogP contribution in [0.25, 0.3) is 0 Å². The Kier molecular flexibility index (Phi) is 9.21. The lowest BCUT2D eigenvalue weighted by atomic mass is 9.96. The molecule has 0 aliphatic rings. The van der Waals surface area contributed by atoms with Gasteiger partial charge in [0.05, 0.1) is 13.1 Å². The number of benzene rings is 2. The molecule has 0 heterocycles. The number of amides is 3. The number of carbonyl (C=O) groups excluding carboxylic acids is 3. The summed E-state index contributed by atoms with van der Waals surface area (Å²) in [7, 11) is 0. The van der Waals surface area contributed by atoms with E-state index in [0.29, 0.717) is 23.8 Å². The number of nitrogens with zero attached hydrogens (tertiary/aromatic N) is 1. The van der Waals surface area contributed by atoms with Gasteiger partial charge in [0.15, 0.2) is 0 Å². The van der Waals surface area contributed by atoms with E-state index in [0.717, 1.165) is 5.56 Å². The van der Waals surface area contributed by atoms with Crippen LogP contribution < -0.4 is 16.0 Å². The van der Waals surface area contributed by atoms with Crippen LogP contribution in [-0.2, 0) is 14.4 Å². The number of hydrogen-bond acceptors (Lipinski definition) is 4. The van der Waals surface area contributed by atoms with Crippen LogP contribution in [0.4, 0.5) is 11.4 Å². The first-order valence-corrected chi connectivity index (χ1v) is 10.5. The molecule has 0 aromatic heterocycles. The molecule has 7 heteroatoms. The van der Waals surface area contributed by atoms with Gasteiger partial charge in [-0.3, -0.25) is 14.4 Å². The fraction of sp³-hybridized carbons (Fsp3) is 0.375. The van der Waals surface area contributed by atoms with E-state index in [-0.39, 0.29) is 36.9 Å². The smallest absolute Gasteiger partial charge is 0.243 e. The monoisotopic (exact) mass is 424 g/mol. The van der Waals surface area contributed by atoms with E-state index in [1.165, 1.54) is 11.8 Å². The van der Waals surface area contributed by atoms with Gasteiger partial charge in [-0.2, -0.15) is 0 Å². The van der Waals surface area contributed by atoms with Crippen molar-refractivity contribution in [1.82, 2.24) is 10.2 Å². The van der Waals surface area contributed by atoms with Crippen LogP contribution in [0.3, 0.4) is 0 Å². The first-order chi connectivity index (χ1) is 14.8. The highest BCUT2D eigenvalue weighted by atomic mass is 16.2. The molecule has 3 amide bonds. The molecule has 0 bridgehead atoms. The Morgan fingerprint density at radius 2 is 1.48 bits per heavy atom. The summed E-state index contributed by atoms with van der Waals surface area (Å²) in [4.78, 5) is 37.7. The highest BCUT2D eigenvalue weighted by Gasteiger charge is 2.20. The molecule has 31 heavy (non-hydrogen) atoms. The Morgan fingerprint density at radius 3 is 2.00 bits per heavy atom. The van der Waals surface area contributed by atoms with Gasteiger partial charge in [0.2, 0.25) is 17.7 Å². The highest BCUT2D eigenvalue weighted by Crippen LogP contribution is 2.21. The minimum Gasteiger partial charge on any atom is -0.333 e. The highest BCUT2D eigenvalue weighted by molar-refractivity contribution is 5.95. The zero-order valence-electron chi connectivity index (χ0n) is 18.6.